The molecule has 0 spiro atoms. The zero-order valence-corrected chi connectivity index (χ0v) is 9.84. The molecular formula is C17H12O. The largest absolute Gasteiger partial charge is 0.298 e. The van der Waals surface area contributed by atoms with Crippen molar-refractivity contribution >= 4 is 17.1 Å². The van der Waals surface area contributed by atoms with Crippen molar-refractivity contribution in [1.29, 1.82) is 0 Å². The summed E-state index contributed by atoms with van der Waals surface area (Å²) < 4.78 is 0. The summed E-state index contributed by atoms with van der Waals surface area (Å²) in [7, 11) is 0. The predicted octanol–water partition coefficient (Wildman–Crippen LogP) is 4.32. The molecule has 18 heavy (non-hydrogen) atoms. The number of rotatable bonds is 2. The van der Waals surface area contributed by atoms with Crippen LogP contribution >= 0.6 is 0 Å². The van der Waals surface area contributed by atoms with Crippen LogP contribution in [-0.4, -0.2) is 6.29 Å². The molecule has 0 saturated heterocycles. The molecule has 0 radical (unpaired) electrons. The summed E-state index contributed by atoms with van der Waals surface area (Å²) in [6.45, 7) is 0. The molecule has 3 rings (SSSR count). The van der Waals surface area contributed by atoms with Gasteiger partial charge in [0.25, 0.3) is 0 Å². The molecule has 0 atom stereocenters. The molecule has 0 bridgehead atoms. The average molecular weight is 232 g/mol. The fraction of sp³-hybridized carbons (Fsp3) is 0. The molecule has 0 N–H and O–H groups in total. The van der Waals surface area contributed by atoms with Gasteiger partial charge in [-0.2, -0.15) is 0 Å². The Morgan fingerprint density at radius 3 is 2.06 bits per heavy atom. The van der Waals surface area contributed by atoms with Gasteiger partial charge >= 0.3 is 0 Å². The van der Waals surface area contributed by atoms with Crippen molar-refractivity contribution in [2.45, 2.75) is 0 Å². The van der Waals surface area contributed by atoms with Gasteiger partial charge in [0.2, 0.25) is 0 Å². The molecule has 86 valence electrons. The highest BCUT2D eigenvalue weighted by Crippen LogP contribution is 2.24. The number of carbonyl (C=O) groups excluding carboxylic acids is 1. The molecule has 0 heterocycles. The van der Waals surface area contributed by atoms with E-state index in [-0.39, 0.29) is 0 Å². The first-order chi connectivity index (χ1) is 8.86. The van der Waals surface area contributed by atoms with E-state index in [0.717, 1.165) is 11.8 Å². The van der Waals surface area contributed by atoms with Crippen LogP contribution in [0.1, 0.15) is 10.4 Å². The highest BCUT2D eigenvalue weighted by atomic mass is 16.1. The van der Waals surface area contributed by atoms with Gasteiger partial charge in [0.1, 0.15) is 6.29 Å². The summed E-state index contributed by atoms with van der Waals surface area (Å²) in [6.07, 6.45) is 0.865. The van der Waals surface area contributed by atoms with E-state index in [1.807, 2.05) is 36.4 Å². The molecule has 0 aliphatic carbocycles. The third-order valence-electron chi connectivity index (χ3n) is 3.13. The second-order valence-corrected chi connectivity index (χ2v) is 4.30. The lowest BCUT2D eigenvalue weighted by Crippen LogP contribution is -1.81. The lowest BCUT2D eigenvalue weighted by molar-refractivity contribution is 0.112. The van der Waals surface area contributed by atoms with Crippen LogP contribution in [0.2, 0.25) is 0 Å². The topological polar surface area (TPSA) is 17.1 Å². The quantitative estimate of drug-likeness (QED) is 0.601. The van der Waals surface area contributed by atoms with E-state index in [2.05, 4.69) is 30.3 Å². The Morgan fingerprint density at radius 2 is 1.33 bits per heavy atom. The summed E-state index contributed by atoms with van der Waals surface area (Å²) in [5.41, 5.74) is 3.01. The van der Waals surface area contributed by atoms with Crippen LogP contribution in [0.25, 0.3) is 21.9 Å². The average Bonchev–Trinajstić information content (AvgIpc) is 2.47. The maximum atomic E-state index is 10.6. The maximum absolute atomic E-state index is 10.6. The van der Waals surface area contributed by atoms with E-state index in [9.17, 15) is 4.79 Å². The zero-order valence-electron chi connectivity index (χ0n) is 9.84. The molecular weight excluding hydrogens is 220 g/mol. The molecule has 0 aromatic heterocycles. The van der Waals surface area contributed by atoms with Gasteiger partial charge in [0.05, 0.1) is 0 Å². The van der Waals surface area contributed by atoms with Crippen molar-refractivity contribution < 1.29 is 4.79 Å². The van der Waals surface area contributed by atoms with Crippen LogP contribution in [0.5, 0.6) is 0 Å². The fourth-order valence-electron chi connectivity index (χ4n) is 2.12. The smallest absolute Gasteiger partial charge is 0.150 e. The SMILES string of the molecule is O=Cc1ccc(-c2ccc3ccccc3c2)cc1. The van der Waals surface area contributed by atoms with E-state index in [4.69, 9.17) is 0 Å². The molecule has 0 aliphatic heterocycles. The first-order valence-corrected chi connectivity index (χ1v) is 5.91. The predicted molar refractivity (Wildman–Crippen MR) is 74.8 cm³/mol. The summed E-state index contributed by atoms with van der Waals surface area (Å²) in [4.78, 5) is 10.6. The molecule has 3 aromatic carbocycles. The minimum Gasteiger partial charge on any atom is -0.298 e. The van der Waals surface area contributed by atoms with Gasteiger partial charge in [0, 0.05) is 5.56 Å². The Bertz CT molecular complexity index is 696. The van der Waals surface area contributed by atoms with E-state index >= 15 is 0 Å². The Hall–Kier alpha value is -2.41. The molecule has 0 unspecified atom stereocenters. The summed E-state index contributed by atoms with van der Waals surface area (Å²) >= 11 is 0. The van der Waals surface area contributed by atoms with Crippen molar-refractivity contribution in [3.05, 3.63) is 72.3 Å². The van der Waals surface area contributed by atoms with E-state index in [1.54, 1.807) is 0 Å². The molecule has 1 nitrogen and oxygen atoms in total. The van der Waals surface area contributed by atoms with Gasteiger partial charge < -0.3 is 0 Å². The molecule has 3 aromatic rings. The third-order valence-corrected chi connectivity index (χ3v) is 3.13. The first kappa shape index (κ1) is 10.7. The third kappa shape index (κ3) is 1.91. The monoisotopic (exact) mass is 232 g/mol. The van der Waals surface area contributed by atoms with Gasteiger partial charge in [-0.05, 0) is 28.0 Å². The number of fused-ring (bicyclic) bond motifs is 1. The Morgan fingerprint density at radius 1 is 0.667 bits per heavy atom. The highest BCUT2D eigenvalue weighted by molar-refractivity contribution is 5.87. The molecule has 0 fully saturated rings. The number of carbonyl (C=O) groups is 1. The normalized spacial score (nSPS) is 10.4. The van der Waals surface area contributed by atoms with Crippen LogP contribution in [0, 0.1) is 0 Å². The van der Waals surface area contributed by atoms with E-state index in [0.29, 0.717) is 5.56 Å². The zero-order chi connectivity index (χ0) is 12.4. The number of benzene rings is 3. The van der Waals surface area contributed by atoms with Crippen LogP contribution in [0.3, 0.4) is 0 Å². The number of hydrogen-bond acceptors (Lipinski definition) is 1. The molecule has 0 aliphatic rings. The second-order valence-electron chi connectivity index (χ2n) is 4.30. The van der Waals surface area contributed by atoms with Crippen LogP contribution < -0.4 is 0 Å². The Kier molecular flexibility index (Phi) is 2.66. The highest BCUT2D eigenvalue weighted by Gasteiger charge is 1.99. The molecule has 0 amide bonds. The number of hydrogen-bond donors (Lipinski definition) is 0. The van der Waals surface area contributed by atoms with Crippen LogP contribution in [-0.2, 0) is 0 Å². The van der Waals surface area contributed by atoms with Gasteiger partial charge in [-0.1, -0.05) is 60.7 Å². The fourth-order valence-corrected chi connectivity index (χ4v) is 2.12. The van der Waals surface area contributed by atoms with Crippen LogP contribution in [0.4, 0.5) is 0 Å². The minimum absolute atomic E-state index is 0.708. The van der Waals surface area contributed by atoms with Gasteiger partial charge in [-0.15, -0.1) is 0 Å². The van der Waals surface area contributed by atoms with Crippen molar-refractivity contribution in [2.24, 2.45) is 0 Å². The second kappa shape index (κ2) is 4.46. The molecule has 0 saturated carbocycles. The van der Waals surface area contributed by atoms with Gasteiger partial charge in [-0.25, -0.2) is 0 Å². The lowest BCUT2D eigenvalue weighted by atomic mass is 10.0. The van der Waals surface area contributed by atoms with E-state index < -0.39 is 0 Å². The Labute approximate surface area is 106 Å². The lowest BCUT2D eigenvalue weighted by Gasteiger charge is -2.04. The maximum Gasteiger partial charge on any atom is 0.150 e. The first-order valence-electron chi connectivity index (χ1n) is 5.91. The summed E-state index contributed by atoms with van der Waals surface area (Å²) in [6, 6.07) is 22.4. The van der Waals surface area contributed by atoms with Crippen molar-refractivity contribution in [3.8, 4) is 11.1 Å². The van der Waals surface area contributed by atoms with Crippen LogP contribution in [0.15, 0.2) is 66.7 Å². The van der Waals surface area contributed by atoms with Crippen molar-refractivity contribution in [3.63, 3.8) is 0 Å². The van der Waals surface area contributed by atoms with E-state index in [1.165, 1.54) is 16.3 Å². The summed E-state index contributed by atoms with van der Waals surface area (Å²) in [5, 5.41) is 2.47. The standard InChI is InChI=1S/C17H12O/c18-12-13-5-7-15(8-6-13)17-10-9-14-3-1-2-4-16(14)11-17/h1-12H. The summed E-state index contributed by atoms with van der Waals surface area (Å²) in [5.74, 6) is 0. The van der Waals surface area contributed by atoms with Gasteiger partial charge in [-0.3, -0.25) is 4.79 Å². The minimum atomic E-state index is 0.708. The number of aldehydes is 1. The van der Waals surface area contributed by atoms with Crippen molar-refractivity contribution in [2.75, 3.05) is 0 Å². The van der Waals surface area contributed by atoms with Crippen molar-refractivity contribution in [1.82, 2.24) is 0 Å². The molecule has 1 heteroatoms. The van der Waals surface area contributed by atoms with Gasteiger partial charge in [0.15, 0.2) is 0 Å². The Balaban J connectivity index is 2.10.